The van der Waals surface area contributed by atoms with Gasteiger partial charge in [-0.3, -0.25) is 9.69 Å². The van der Waals surface area contributed by atoms with Crippen molar-refractivity contribution in [1.29, 1.82) is 0 Å². The van der Waals surface area contributed by atoms with Gasteiger partial charge in [0.25, 0.3) is 0 Å². The molecule has 2 aliphatic rings. The van der Waals surface area contributed by atoms with Crippen molar-refractivity contribution >= 4 is 29.1 Å². The molecule has 0 atom stereocenters. The van der Waals surface area contributed by atoms with Crippen molar-refractivity contribution in [3.05, 3.63) is 33.8 Å². The standard InChI is InChI=1S/C16H20Cl2N2O/c17-13-8-12(9-14(18)10-13)11-19-6-3-15(4-7-19)20-5-1-2-16(20)21/h8-10,15H,1-7,11H2. The molecule has 3 nitrogen and oxygen atoms in total. The van der Waals surface area contributed by atoms with Crippen LogP contribution in [-0.2, 0) is 11.3 Å². The third kappa shape index (κ3) is 3.71. The van der Waals surface area contributed by atoms with Crippen molar-refractivity contribution in [2.75, 3.05) is 19.6 Å². The maximum atomic E-state index is 11.8. The lowest BCUT2D eigenvalue weighted by Gasteiger charge is -2.36. The lowest BCUT2D eigenvalue weighted by molar-refractivity contribution is -0.130. The minimum atomic E-state index is 0.343. The molecule has 0 unspecified atom stereocenters. The van der Waals surface area contributed by atoms with E-state index < -0.39 is 0 Å². The van der Waals surface area contributed by atoms with Crippen molar-refractivity contribution in [2.24, 2.45) is 0 Å². The summed E-state index contributed by atoms with van der Waals surface area (Å²) in [6.45, 7) is 3.88. The highest BCUT2D eigenvalue weighted by Crippen LogP contribution is 2.24. The van der Waals surface area contributed by atoms with E-state index >= 15 is 0 Å². The number of rotatable bonds is 3. The Balaban J connectivity index is 1.55. The van der Waals surface area contributed by atoms with Gasteiger partial charge in [0, 0.05) is 48.7 Å². The van der Waals surface area contributed by atoms with Crippen LogP contribution in [0.15, 0.2) is 18.2 Å². The molecule has 0 spiro atoms. The predicted molar refractivity (Wildman–Crippen MR) is 85.7 cm³/mol. The number of hydrogen-bond acceptors (Lipinski definition) is 2. The van der Waals surface area contributed by atoms with Crippen molar-refractivity contribution in [1.82, 2.24) is 9.80 Å². The molecule has 1 aromatic carbocycles. The number of nitrogens with zero attached hydrogens (tertiary/aromatic N) is 2. The Morgan fingerprint density at radius 2 is 1.71 bits per heavy atom. The molecule has 0 bridgehead atoms. The normalized spacial score (nSPS) is 21.2. The Labute approximate surface area is 135 Å². The molecule has 114 valence electrons. The van der Waals surface area contributed by atoms with Crippen LogP contribution in [0.4, 0.5) is 0 Å². The van der Waals surface area contributed by atoms with E-state index in [-0.39, 0.29) is 0 Å². The van der Waals surface area contributed by atoms with E-state index in [1.54, 1.807) is 6.07 Å². The Kier molecular flexibility index (Phi) is 4.72. The maximum absolute atomic E-state index is 11.8. The van der Waals surface area contributed by atoms with E-state index in [4.69, 9.17) is 23.2 Å². The molecule has 0 aromatic heterocycles. The monoisotopic (exact) mass is 326 g/mol. The fraction of sp³-hybridized carbons (Fsp3) is 0.562. The molecule has 0 radical (unpaired) electrons. The van der Waals surface area contributed by atoms with Crippen LogP contribution in [0.2, 0.25) is 10.0 Å². The summed E-state index contributed by atoms with van der Waals surface area (Å²) in [4.78, 5) is 16.3. The second-order valence-corrected chi connectivity index (χ2v) is 6.85. The number of amides is 1. The molecule has 2 fully saturated rings. The van der Waals surface area contributed by atoms with E-state index in [2.05, 4.69) is 9.80 Å². The molecule has 2 aliphatic heterocycles. The third-order valence-electron chi connectivity index (χ3n) is 4.44. The number of carbonyl (C=O) groups is 1. The summed E-state index contributed by atoms with van der Waals surface area (Å²) < 4.78 is 0. The van der Waals surface area contributed by atoms with E-state index in [1.807, 2.05) is 12.1 Å². The van der Waals surface area contributed by atoms with Crippen LogP contribution in [-0.4, -0.2) is 41.4 Å². The van der Waals surface area contributed by atoms with Gasteiger partial charge in [0.15, 0.2) is 0 Å². The number of benzene rings is 1. The highest BCUT2D eigenvalue weighted by atomic mass is 35.5. The third-order valence-corrected chi connectivity index (χ3v) is 4.87. The second kappa shape index (κ2) is 6.55. The molecular formula is C16H20Cl2N2O. The van der Waals surface area contributed by atoms with Crippen LogP contribution in [0.1, 0.15) is 31.2 Å². The van der Waals surface area contributed by atoms with Crippen LogP contribution >= 0.6 is 23.2 Å². The van der Waals surface area contributed by atoms with Gasteiger partial charge in [0.1, 0.15) is 0 Å². The second-order valence-electron chi connectivity index (χ2n) is 5.98. The fourth-order valence-corrected chi connectivity index (χ4v) is 3.98. The fourth-order valence-electron chi connectivity index (χ4n) is 3.40. The summed E-state index contributed by atoms with van der Waals surface area (Å²) in [6.07, 6.45) is 3.90. The molecule has 1 amide bonds. The highest BCUT2D eigenvalue weighted by Gasteiger charge is 2.30. The van der Waals surface area contributed by atoms with Crippen LogP contribution < -0.4 is 0 Å². The van der Waals surface area contributed by atoms with Gasteiger partial charge in [-0.2, -0.15) is 0 Å². The Hall–Kier alpha value is -0.770. The van der Waals surface area contributed by atoms with Gasteiger partial charge in [-0.15, -0.1) is 0 Å². The molecule has 0 N–H and O–H groups in total. The molecule has 0 aliphatic carbocycles. The first kappa shape index (κ1) is 15.1. The Bertz CT molecular complexity index is 507. The molecule has 2 heterocycles. The highest BCUT2D eigenvalue weighted by molar-refractivity contribution is 6.34. The van der Waals surface area contributed by atoms with E-state index in [9.17, 15) is 4.79 Å². The van der Waals surface area contributed by atoms with Crippen molar-refractivity contribution in [3.8, 4) is 0 Å². The van der Waals surface area contributed by atoms with Gasteiger partial charge in [-0.25, -0.2) is 0 Å². The first-order valence-corrected chi connectivity index (χ1v) is 8.34. The minimum Gasteiger partial charge on any atom is -0.340 e. The van der Waals surface area contributed by atoms with Crippen LogP contribution in [0, 0.1) is 0 Å². The van der Waals surface area contributed by atoms with Gasteiger partial charge >= 0.3 is 0 Å². The molecule has 3 rings (SSSR count). The first-order chi connectivity index (χ1) is 10.1. The van der Waals surface area contributed by atoms with Gasteiger partial charge in [-0.1, -0.05) is 23.2 Å². The summed E-state index contributed by atoms with van der Waals surface area (Å²) in [5, 5.41) is 1.38. The van der Waals surface area contributed by atoms with Gasteiger partial charge in [0.2, 0.25) is 5.91 Å². The molecular weight excluding hydrogens is 307 g/mol. The smallest absolute Gasteiger partial charge is 0.222 e. The maximum Gasteiger partial charge on any atom is 0.222 e. The van der Waals surface area contributed by atoms with Crippen molar-refractivity contribution in [2.45, 2.75) is 38.3 Å². The SMILES string of the molecule is O=C1CCCN1C1CCN(Cc2cc(Cl)cc(Cl)c2)CC1. The van der Waals surface area contributed by atoms with Crippen molar-refractivity contribution in [3.63, 3.8) is 0 Å². The Morgan fingerprint density at radius 3 is 2.29 bits per heavy atom. The summed E-state index contributed by atoms with van der Waals surface area (Å²) in [5.41, 5.74) is 1.16. The molecule has 0 saturated carbocycles. The average Bonchev–Trinajstić information content (AvgIpc) is 2.85. The molecule has 1 aromatic rings. The predicted octanol–water partition coefficient (Wildman–Crippen LogP) is 3.58. The summed E-state index contributed by atoms with van der Waals surface area (Å²) in [7, 11) is 0. The lowest BCUT2D eigenvalue weighted by Crippen LogP contribution is -2.45. The number of piperidine rings is 1. The summed E-state index contributed by atoms with van der Waals surface area (Å²) in [5.74, 6) is 0.343. The minimum absolute atomic E-state index is 0.343. The largest absolute Gasteiger partial charge is 0.340 e. The number of likely N-dealkylation sites (tertiary alicyclic amines) is 2. The van der Waals surface area contributed by atoms with Gasteiger partial charge in [-0.05, 0) is 43.0 Å². The lowest BCUT2D eigenvalue weighted by atomic mass is 10.0. The van der Waals surface area contributed by atoms with E-state index in [0.717, 1.165) is 57.4 Å². The quantitative estimate of drug-likeness (QED) is 0.847. The van der Waals surface area contributed by atoms with Crippen LogP contribution in [0.3, 0.4) is 0 Å². The topological polar surface area (TPSA) is 23.6 Å². The molecule has 5 heteroatoms. The molecule has 21 heavy (non-hydrogen) atoms. The van der Waals surface area contributed by atoms with Gasteiger partial charge in [0.05, 0.1) is 0 Å². The van der Waals surface area contributed by atoms with Crippen LogP contribution in [0.5, 0.6) is 0 Å². The molecule has 2 saturated heterocycles. The van der Waals surface area contributed by atoms with Gasteiger partial charge < -0.3 is 4.90 Å². The number of halogens is 2. The van der Waals surface area contributed by atoms with Crippen molar-refractivity contribution < 1.29 is 4.79 Å². The zero-order valence-electron chi connectivity index (χ0n) is 12.0. The number of hydrogen-bond donors (Lipinski definition) is 0. The number of carbonyl (C=O) groups excluding carboxylic acids is 1. The Morgan fingerprint density at radius 1 is 1.05 bits per heavy atom. The zero-order chi connectivity index (χ0) is 14.8. The van der Waals surface area contributed by atoms with E-state index in [1.165, 1.54) is 0 Å². The zero-order valence-corrected chi connectivity index (χ0v) is 13.5. The average molecular weight is 327 g/mol. The van der Waals surface area contributed by atoms with Crippen LogP contribution in [0.25, 0.3) is 0 Å². The summed E-state index contributed by atoms with van der Waals surface area (Å²) >= 11 is 12.1. The first-order valence-electron chi connectivity index (χ1n) is 7.58. The summed E-state index contributed by atoms with van der Waals surface area (Å²) in [6, 6.07) is 6.16. The van der Waals surface area contributed by atoms with E-state index in [0.29, 0.717) is 22.0 Å².